The van der Waals surface area contributed by atoms with Crippen LogP contribution >= 0.6 is 0 Å². The predicted octanol–water partition coefficient (Wildman–Crippen LogP) is 3.29. The van der Waals surface area contributed by atoms with Crippen LogP contribution in [0, 0.1) is 17.0 Å². The first-order chi connectivity index (χ1) is 12.8. The van der Waals surface area contributed by atoms with Crippen LogP contribution < -0.4 is 9.46 Å². The molecule has 3 aromatic rings. The van der Waals surface area contributed by atoms with Crippen LogP contribution in [0.2, 0.25) is 0 Å². The average Bonchev–Trinajstić information content (AvgIpc) is 2.65. The molecule has 0 radical (unpaired) electrons. The highest BCUT2D eigenvalue weighted by molar-refractivity contribution is 7.92. The van der Waals surface area contributed by atoms with Gasteiger partial charge in [0.05, 0.1) is 21.7 Å². The number of nitro benzene ring substituents is 1. The second kappa shape index (κ2) is 7.38. The number of anilines is 1. The average molecular weight is 386 g/mol. The lowest BCUT2D eigenvalue weighted by Crippen LogP contribution is -2.13. The number of ether oxygens (including phenoxy) is 1. The summed E-state index contributed by atoms with van der Waals surface area (Å²) in [4.78, 5) is 17.9. The molecule has 1 N–H and O–H groups in total. The van der Waals surface area contributed by atoms with Crippen LogP contribution in [0.15, 0.2) is 66.0 Å². The van der Waals surface area contributed by atoms with Gasteiger partial charge < -0.3 is 4.74 Å². The quantitative estimate of drug-likeness (QED) is 0.509. The number of non-ortho nitro benzene ring substituents is 1. The first kappa shape index (κ1) is 18.3. The smallest absolute Gasteiger partial charge is 0.269 e. The number of nitrogens with zero attached hydrogens (tertiary/aromatic N) is 3. The summed E-state index contributed by atoms with van der Waals surface area (Å²) in [6.45, 7) is 1.72. The molecular weight excluding hydrogens is 372 g/mol. The summed E-state index contributed by atoms with van der Waals surface area (Å²) < 4.78 is 33.0. The van der Waals surface area contributed by atoms with Crippen molar-refractivity contribution >= 4 is 21.4 Å². The molecule has 1 aromatic heterocycles. The molecule has 0 unspecified atom stereocenters. The largest absolute Gasteiger partial charge is 0.437 e. The van der Waals surface area contributed by atoms with Gasteiger partial charge >= 0.3 is 0 Å². The molecule has 2 aromatic carbocycles. The molecule has 0 fully saturated rings. The van der Waals surface area contributed by atoms with Crippen LogP contribution in [0.3, 0.4) is 0 Å². The number of nitrogens with one attached hydrogen (secondary N) is 1. The van der Waals surface area contributed by atoms with Gasteiger partial charge in [-0.3, -0.25) is 19.8 Å². The second-order valence-electron chi connectivity index (χ2n) is 5.48. The Morgan fingerprint density at radius 1 is 1.11 bits per heavy atom. The van der Waals surface area contributed by atoms with Crippen LogP contribution in [0.1, 0.15) is 5.56 Å². The SMILES string of the molecule is Cc1cc(Oc2cnccn2)ccc1NS(=O)(=O)c1ccc([N+](=O)[O-])cc1. The van der Waals surface area contributed by atoms with Crippen molar-refractivity contribution in [2.24, 2.45) is 0 Å². The molecule has 0 amide bonds. The number of sulfonamides is 1. The zero-order chi connectivity index (χ0) is 19.4. The Morgan fingerprint density at radius 2 is 1.85 bits per heavy atom. The normalized spacial score (nSPS) is 11.0. The molecule has 10 heteroatoms. The third-order valence-electron chi connectivity index (χ3n) is 3.56. The Bertz CT molecular complexity index is 1070. The number of aromatic nitrogens is 2. The standard InChI is InChI=1S/C17H14N4O5S/c1-12-10-14(26-17-11-18-8-9-19-17)4-7-16(12)20-27(24,25)15-5-2-13(3-6-15)21(22)23/h2-11,20H,1H3. The van der Waals surface area contributed by atoms with Gasteiger partial charge in [-0.05, 0) is 42.8 Å². The fraction of sp³-hybridized carbons (Fsp3) is 0.0588. The molecule has 0 spiro atoms. The summed E-state index contributed by atoms with van der Waals surface area (Å²) in [6, 6.07) is 9.45. The van der Waals surface area contributed by atoms with Gasteiger partial charge in [-0.15, -0.1) is 0 Å². The molecule has 3 rings (SSSR count). The Kier molecular flexibility index (Phi) is 4.99. The Hall–Kier alpha value is -3.53. The number of benzene rings is 2. The van der Waals surface area contributed by atoms with E-state index < -0.39 is 14.9 Å². The first-order valence-electron chi connectivity index (χ1n) is 7.67. The van der Waals surface area contributed by atoms with Gasteiger partial charge in [0.15, 0.2) is 0 Å². The Labute approximate surface area is 154 Å². The summed E-state index contributed by atoms with van der Waals surface area (Å²) >= 11 is 0. The summed E-state index contributed by atoms with van der Waals surface area (Å²) in [5, 5.41) is 10.7. The van der Waals surface area contributed by atoms with Gasteiger partial charge in [-0.25, -0.2) is 13.4 Å². The third kappa shape index (κ3) is 4.36. The van der Waals surface area contributed by atoms with E-state index in [4.69, 9.17) is 4.74 Å². The second-order valence-corrected chi connectivity index (χ2v) is 7.16. The van der Waals surface area contributed by atoms with E-state index >= 15 is 0 Å². The van der Waals surface area contributed by atoms with Gasteiger partial charge in [0.25, 0.3) is 15.7 Å². The lowest BCUT2D eigenvalue weighted by atomic mass is 10.2. The number of aryl methyl sites for hydroxylation is 1. The molecular formula is C17H14N4O5S. The molecule has 0 aliphatic rings. The molecule has 0 atom stereocenters. The summed E-state index contributed by atoms with van der Waals surface area (Å²) in [5.41, 5.74) is 0.803. The van der Waals surface area contributed by atoms with Crippen molar-refractivity contribution in [2.75, 3.05) is 4.72 Å². The number of hydrogen-bond donors (Lipinski definition) is 1. The lowest BCUT2D eigenvalue weighted by Gasteiger charge is -2.12. The minimum atomic E-state index is -3.89. The lowest BCUT2D eigenvalue weighted by molar-refractivity contribution is -0.384. The van der Waals surface area contributed by atoms with Crippen molar-refractivity contribution in [1.29, 1.82) is 0 Å². The molecule has 9 nitrogen and oxygen atoms in total. The van der Waals surface area contributed by atoms with E-state index in [9.17, 15) is 18.5 Å². The van der Waals surface area contributed by atoms with Gasteiger partial charge in [0, 0.05) is 24.5 Å². The number of rotatable bonds is 6. The fourth-order valence-corrected chi connectivity index (χ4v) is 3.35. The van der Waals surface area contributed by atoms with Crippen LogP contribution in [-0.2, 0) is 10.0 Å². The molecule has 138 valence electrons. The van der Waals surface area contributed by atoms with E-state index in [2.05, 4.69) is 14.7 Å². The van der Waals surface area contributed by atoms with E-state index in [1.54, 1.807) is 25.1 Å². The van der Waals surface area contributed by atoms with Crippen molar-refractivity contribution in [3.05, 3.63) is 76.7 Å². The van der Waals surface area contributed by atoms with Gasteiger partial charge in [0.1, 0.15) is 5.75 Å². The van der Waals surface area contributed by atoms with Crippen LogP contribution in [-0.4, -0.2) is 23.3 Å². The van der Waals surface area contributed by atoms with Crippen molar-refractivity contribution in [1.82, 2.24) is 9.97 Å². The molecule has 0 saturated carbocycles. The van der Waals surface area contributed by atoms with E-state index in [1.807, 2.05) is 0 Å². The van der Waals surface area contributed by atoms with Crippen LogP contribution in [0.5, 0.6) is 11.6 Å². The topological polar surface area (TPSA) is 124 Å². The first-order valence-corrected chi connectivity index (χ1v) is 9.15. The van der Waals surface area contributed by atoms with Gasteiger partial charge in [-0.1, -0.05) is 0 Å². The highest BCUT2D eigenvalue weighted by Gasteiger charge is 2.17. The summed E-state index contributed by atoms with van der Waals surface area (Å²) in [5.74, 6) is 0.794. The minimum Gasteiger partial charge on any atom is -0.437 e. The number of hydrogen-bond acceptors (Lipinski definition) is 7. The molecule has 0 saturated heterocycles. The van der Waals surface area contributed by atoms with E-state index in [0.717, 1.165) is 12.1 Å². The zero-order valence-corrected chi connectivity index (χ0v) is 14.9. The van der Waals surface area contributed by atoms with Crippen molar-refractivity contribution in [2.45, 2.75) is 11.8 Å². The van der Waals surface area contributed by atoms with E-state index in [0.29, 0.717) is 22.9 Å². The molecule has 1 heterocycles. The van der Waals surface area contributed by atoms with Crippen molar-refractivity contribution < 1.29 is 18.1 Å². The molecule has 0 aliphatic heterocycles. The van der Waals surface area contributed by atoms with Gasteiger partial charge in [0.2, 0.25) is 5.88 Å². The number of nitro groups is 1. The highest BCUT2D eigenvalue weighted by atomic mass is 32.2. The third-order valence-corrected chi connectivity index (χ3v) is 4.94. The van der Waals surface area contributed by atoms with Crippen molar-refractivity contribution in [3.8, 4) is 11.6 Å². The van der Waals surface area contributed by atoms with E-state index in [1.165, 1.54) is 30.7 Å². The maximum absolute atomic E-state index is 12.5. The molecule has 0 bridgehead atoms. The van der Waals surface area contributed by atoms with Crippen molar-refractivity contribution in [3.63, 3.8) is 0 Å². The summed E-state index contributed by atoms with van der Waals surface area (Å²) in [7, 11) is -3.89. The fourth-order valence-electron chi connectivity index (χ4n) is 2.22. The zero-order valence-electron chi connectivity index (χ0n) is 14.1. The predicted molar refractivity (Wildman–Crippen MR) is 97.2 cm³/mol. The maximum Gasteiger partial charge on any atom is 0.269 e. The monoisotopic (exact) mass is 386 g/mol. The summed E-state index contributed by atoms with van der Waals surface area (Å²) in [6.07, 6.45) is 4.48. The van der Waals surface area contributed by atoms with Crippen LogP contribution in [0.25, 0.3) is 0 Å². The van der Waals surface area contributed by atoms with Gasteiger partial charge in [-0.2, -0.15) is 0 Å². The Morgan fingerprint density at radius 3 is 2.44 bits per heavy atom. The van der Waals surface area contributed by atoms with Crippen LogP contribution in [0.4, 0.5) is 11.4 Å². The highest BCUT2D eigenvalue weighted by Crippen LogP contribution is 2.27. The maximum atomic E-state index is 12.5. The minimum absolute atomic E-state index is 0.0765. The van der Waals surface area contributed by atoms with E-state index in [-0.39, 0.29) is 10.6 Å². The Balaban J connectivity index is 1.79. The molecule has 27 heavy (non-hydrogen) atoms. The molecule has 0 aliphatic carbocycles.